The monoisotopic (exact) mass is 1140 g/mol. The molecule has 2 aromatic heterocycles. The first-order valence-corrected chi connectivity index (χ1v) is 28.0. The number of hydrogen-bond donors (Lipinski definition) is 4. The largest absolute Gasteiger partial charge is 0.480 e. The van der Waals surface area contributed by atoms with Crippen molar-refractivity contribution in [3.63, 3.8) is 0 Å². The number of nitrogens with two attached hydrogens (primary N) is 1. The molecule has 10 rings (SSSR count). The Bertz CT molecular complexity index is 2650. The van der Waals surface area contributed by atoms with Crippen molar-refractivity contribution in [2.24, 2.45) is 41.2 Å². The van der Waals surface area contributed by atoms with Crippen LogP contribution >= 0.6 is 15.9 Å². The van der Waals surface area contributed by atoms with Crippen LogP contribution in [0.2, 0.25) is 0 Å². The molecule has 8 heterocycles. The minimum absolute atomic E-state index is 0.132. The van der Waals surface area contributed by atoms with Gasteiger partial charge in [0.1, 0.15) is 45.3 Å². The molecule has 0 aliphatic carbocycles. The number of esters is 2. The summed E-state index contributed by atoms with van der Waals surface area (Å²) in [4.78, 5) is 71.2. The van der Waals surface area contributed by atoms with Gasteiger partial charge in [0.2, 0.25) is 0 Å². The summed E-state index contributed by atoms with van der Waals surface area (Å²) in [6, 6.07) is 12.1. The van der Waals surface area contributed by atoms with E-state index >= 15 is 0 Å². The molecule has 0 radical (unpaired) electrons. The number of carboxylic acid groups (broad SMARTS) is 1. The molecule has 6 aliphatic rings. The number of fused-ring (bicyclic) bond motifs is 2. The lowest BCUT2D eigenvalue weighted by molar-refractivity contribution is -0.143. The van der Waals surface area contributed by atoms with E-state index < -0.39 is 5.97 Å². The van der Waals surface area contributed by atoms with Crippen LogP contribution in [-0.4, -0.2) is 198 Å². The van der Waals surface area contributed by atoms with Gasteiger partial charge in [0, 0.05) is 103 Å². The molecular formula is C56H80BrN13O8. The van der Waals surface area contributed by atoms with E-state index in [4.69, 9.17) is 16.1 Å². The van der Waals surface area contributed by atoms with Crippen molar-refractivity contribution in [2.75, 3.05) is 128 Å². The lowest BCUT2D eigenvalue weighted by Gasteiger charge is -2.39. The Balaban J connectivity index is 0.000000193. The number of carbonyl (C=O) groups excluding carboxylic acids is 3. The van der Waals surface area contributed by atoms with E-state index in [1.807, 2.05) is 28.0 Å². The Kier molecular flexibility index (Phi) is 25.4. The zero-order valence-electron chi connectivity index (χ0n) is 46.4. The van der Waals surface area contributed by atoms with Crippen LogP contribution in [0, 0.1) is 58.2 Å². The van der Waals surface area contributed by atoms with Crippen molar-refractivity contribution in [1.82, 2.24) is 40.0 Å². The number of nitriles is 2. The average molecular weight is 1140 g/mol. The summed E-state index contributed by atoms with van der Waals surface area (Å²) in [6.07, 6.45) is 8.93. The van der Waals surface area contributed by atoms with Crippen LogP contribution in [0.25, 0.3) is 22.1 Å². The molecule has 4 atom stereocenters. The Morgan fingerprint density at radius 2 is 1.08 bits per heavy atom. The van der Waals surface area contributed by atoms with Crippen molar-refractivity contribution in [1.29, 1.82) is 10.5 Å². The highest BCUT2D eigenvalue weighted by atomic mass is 79.9. The number of carbonyl (C=O) groups is 4. The molecule has 0 saturated carbocycles. The number of ketones is 1. The van der Waals surface area contributed by atoms with E-state index in [9.17, 15) is 29.5 Å². The number of aliphatic hydroxyl groups is 1. The molecule has 21 nitrogen and oxygen atoms in total. The number of piperidine rings is 2. The highest BCUT2D eigenvalue weighted by Gasteiger charge is 2.31. The Morgan fingerprint density at radius 1 is 0.628 bits per heavy atom. The molecule has 0 unspecified atom stereocenters. The Morgan fingerprint density at radius 3 is 1.46 bits per heavy atom. The standard InChI is InChI=1S/C21H25N5O2.C15H17N5.C7H13NO2.C6H11NO2.C4H9N.C3H5BrO2/c1-14-6-15(7-17(27)11-25-12-18(28)13-25)10-26(9-14)19-3-2-16(8-22)20-21(19)24-5-4-23-20;1-10-6-12(17)9-20(8-10)13-3-2-11(7-16)14-15(13)19-5-4-18-14;1-6-3-8(4-6)5-7(9)10-2;1-5-2-7(3-5)4-6(8)9;1-4-2-5-3-4;1-6-3(5)2-4/h2-5,14-15,18,28H,6-7,9-13H2,1H3;2-5,10,12H,6,8-9,17H2,1H3;6H,3-5H2,1-2H3;5H,2-4H2,1H3,(H,8,9);4-5H,2-3H2,1H3;2H2,1H3/t14-,15-;10-,12+;;;;/m00..../s1. The predicted octanol–water partition coefficient (Wildman–Crippen LogP) is 4.19. The first-order valence-electron chi connectivity index (χ1n) is 26.8. The number of ether oxygens (including phenoxy) is 2. The van der Waals surface area contributed by atoms with Gasteiger partial charge in [-0.25, -0.2) is 0 Å². The van der Waals surface area contributed by atoms with Gasteiger partial charge in [-0.05, 0) is 85.7 Å². The highest BCUT2D eigenvalue weighted by molar-refractivity contribution is 9.09. The molecule has 0 bridgehead atoms. The first-order chi connectivity index (χ1) is 37.3. The van der Waals surface area contributed by atoms with Crippen molar-refractivity contribution < 1.29 is 38.9 Å². The van der Waals surface area contributed by atoms with E-state index in [0.717, 1.165) is 99.4 Å². The number of benzene rings is 2. The van der Waals surface area contributed by atoms with Gasteiger partial charge in [-0.15, -0.1) is 0 Å². The minimum Gasteiger partial charge on any atom is -0.480 e. The smallest absolute Gasteiger partial charge is 0.319 e. The van der Waals surface area contributed by atoms with E-state index in [0.29, 0.717) is 78.4 Å². The van der Waals surface area contributed by atoms with Crippen LogP contribution in [-0.2, 0) is 28.7 Å². The second-order valence-electron chi connectivity index (χ2n) is 21.7. The molecule has 0 spiro atoms. The number of alkyl halides is 1. The lowest BCUT2D eigenvalue weighted by Crippen LogP contribution is -2.52. The molecule has 22 heteroatoms. The van der Waals surface area contributed by atoms with Gasteiger partial charge in [-0.2, -0.15) is 10.5 Å². The van der Waals surface area contributed by atoms with E-state index in [-0.39, 0.29) is 41.7 Å². The zero-order valence-corrected chi connectivity index (χ0v) is 48.0. The van der Waals surface area contributed by atoms with Gasteiger partial charge in [0.25, 0.3) is 0 Å². The maximum absolute atomic E-state index is 12.5. The third-order valence-electron chi connectivity index (χ3n) is 14.0. The number of rotatable bonds is 11. The van der Waals surface area contributed by atoms with Gasteiger partial charge < -0.3 is 40.5 Å². The normalized spacial score (nSPS) is 21.5. The fraction of sp³-hybridized carbons (Fsp3) is 0.607. The quantitative estimate of drug-likeness (QED) is 0.121. The molecular weight excluding hydrogens is 1060 g/mol. The summed E-state index contributed by atoms with van der Waals surface area (Å²) >= 11 is 2.90. The summed E-state index contributed by atoms with van der Waals surface area (Å²) in [5.41, 5.74) is 12.0. The fourth-order valence-corrected chi connectivity index (χ4v) is 10.6. The third-order valence-corrected chi connectivity index (χ3v) is 14.4. The average Bonchev–Trinajstić information content (AvgIpc) is 3.43. The molecule has 424 valence electrons. The number of methoxy groups -OCH3 is 2. The molecule has 4 aromatic rings. The summed E-state index contributed by atoms with van der Waals surface area (Å²) in [5.74, 6) is 2.88. The number of hydrogen-bond acceptors (Lipinski definition) is 20. The maximum Gasteiger partial charge on any atom is 0.319 e. The number of aromatic nitrogens is 4. The van der Waals surface area contributed by atoms with Crippen LogP contribution in [0.5, 0.6) is 0 Å². The maximum atomic E-state index is 12.5. The van der Waals surface area contributed by atoms with Crippen molar-refractivity contribution in [3.8, 4) is 12.1 Å². The number of likely N-dealkylation sites (tertiary alicyclic amines) is 3. The third kappa shape index (κ3) is 19.7. The molecule has 2 aromatic carbocycles. The molecule has 0 amide bonds. The van der Waals surface area contributed by atoms with E-state index in [1.54, 1.807) is 30.9 Å². The van der Waals surface area contributed by atoms with E-state index in [2.05, 4.69) is 112 Å². The number of Topliss-reactive ketones (excluding diaryl/α,β-unsaturated/α-hetero) is 1. The number of carboxylic acids is 1. The predicted molar refractivity (Wildman–Crippen MR) is 303 cm³/mol. The Hall–Kier alpha value is -5.98. The van der Waals surface area contributed by atoms with Crippen LogP contribution < -0.4 is 20.9 Å². The van der Waals surface area contributed by atoms with Crippen molar-refractivity contribution in [3.05, 3.63) is 60.2 Å². The van der Waals surface area contributed by atoms with Gasteiger partial charge in [-0.3, -0.25) is 53.8 Å². The van der Waals surface area contributed by atoms with Crippen LogP contribution in [0.4, 0.5) is 11.4 Å². The molecule has 78 heavy (non-hydrogen) atoms. The van der Waals surface area contributed by atoms with Crippen molar-refractivity contribution in [2.45, 2.75) is 66.0 Å². The van der Waals surface area contributed by atoms with Crippen LogP contribution in [0.1, 0.15) is 65.0 Å². The number of aliphatic hydroxyl groups excluding tert-OH is 1. The summed E-state index contributed by atoms with van der Waals surface area (Å²) in [6.45, 7) is 23.2. The fourth-order valence-electron chi connectivity index (χ4n) is 10.3. The van der Waals surface area contributed by atoms with Crippen LogP contribution in [0.15, 0.2) is 49.1 Å². The first kappa shape index (κ1) is 62.9. The van der Waals surface area contributed by atoms with E-state index in [1.165, 1.54) is 27.3 Å². The number of nitrogens with zero attached hydrogens (tertiary/aromatic N) is 11. The number of nitrogens with one attached hydrogen (secondary N) is 1. The van der Waals surface area contributed by atoms with Gasteiger partial charge in [0.05, 0.1) is 62.5 Å². The van der Waals surface area contributed by atoms with Gasteiger partial charge in [-0.1, -0.05) is 50.5 Å². The SMILES string of the molecule is CC1CN(CC(=O)O)C1.CC1CNC1.COC(=O)CBr.COC(=O)CN1CC(C)C1.C[C@H]1C[C@@H](CC(=O)CN2CC(O)C2)CN(c2ccc(C#N)c3nccnc23)C1.C[C@H]1C[C@@H](N)CN(c2ccc(C#N)c3nccnc23)C1. The highest BCUT2D eigenvalue weighted by Crippen LogP contribution is 2.33. The molecule has 6 aliphatic heterocycles. The topological polar surface area (TPSA) is 281 Å². The lowest BCUT2D eigenvalue weighted by atomic mass is 9.86. The zero-order chi connectivity index (χ0) is 56.9. The number of halogens is 1. The number of aliphatic carboxylic acids is 1. The van der Waals surface area contributed by atoms with Gasteiger partial charge in [0.15, 0.2) is 0 Å². The molecule has 6 saturated heterocycles. The second-order valence-corrected chi connectivity index (χ2v) is 22.3. The summed E-state index contributed by atoms with van der Waals surface area (Å²) in [7, 11) is 2.77. The second kappa shape index (κ2) is 31.6. The summed E-state index contributed by atoms with van der Waals surface area (Å²) < 4.78 is 8.72. The Labute approximate surface area is 467 Å². The minimum atomic E-state index is -0.720. The summed E-state index contributed by atoms with van der Waals surface area (Å²) in [5, 5.41) is 39.6. The number of anilines is 2. The van der Waals surface area contributed by atoms with Crippen LogP contribution in [0.3, 0.4) is 0 Å². The van der Waals surface area contributed by atoms with Crippen molar-refractivity contribution >= 4 is 73.1 Å². The van der Waals surface area contributed by atoms with Gasteiger partial charge >= 0.3 is 17.9 Å². The molecule has 6 fully saturated rings. The molecule has 5 N–H and O–H groups in total. The number of β-amino-alcohol motifs (C(OH)–C–C–N with tert-alkyl or cyclic N) is 1.